The fraction of sp³-hybridized carbons (Fsp3) is 0.267. The smallest absolute Gasteiger partial charge is 0.236 e. The van der Waals surface area contributed by atoms with E-state index in [-0.39, 0.29) is 18.0 Å². The number of likely N-dealkylation sites (N-methyl/N-ethyl adjacent to an activating group) is 1. The average molecular weight is 274 g/mol. The van der Waals surface area contributed by atoms with Gasteiger partial charge in [0.2, 0.25) is 5.91 Å². The zero-order chi connectivity index (χ0) is 13.7. The number of rotatable bonds is 5. The molecule has 0 spiro atoms. The molecule has 2 rings (SSSR count). The van der Waals surface area contributed by atoms with Crippen LogP contribution in [0, 0.1) is 0 Å². The summed E-state index contributed by atoms with van der Waals surface area (Å²) in [4.78, 5) is 12.9. The number of nitrogens with one attached hydrogen (secondary N) is 2. The molecule has 19 heavy (non-hydrogen) atoms. The molecule has 1 amide bonds. The van der Waals surface area contributed by atoms with Gasteiger partial charge >= 0.3 is 0 Å². The van der Waals surface area contributed by atoms with Crippen LogP contribution in [0.25, 0.3) is 0 Å². The van der Waals surface area contributed by atoms with E-state index in [1.807, 2.05) is 31.2 Å². The summed E-state index contributed by atoms with van der Waals surface area (Å²) in [6, 6.07) is 14.1. The lowest BCUT2D eigenvalue weighted by Crippen LogP contribution is -2.42. The Morgan fingerprint density at radius 2 is 1.89 bits per heavy atom. The van der Waals surface area contributed by atoms with Crippen LogP contribution in [-0.4, -0.2) is 19.0 Å². The van der Waals surface area contributed by atoms with Gasteiger partial charge in [0.25, 0.3) is 0 Å². The van der Waals surface area contributed by atoms with E-state index in [2.05, 4.69) is 34.2 Å². The second kappa shape index (κ2) is 6.50. The maximum Gasteiger partial charge on any atom is 0.236 e. The van der Waals surface area contributed by atoms with Crippen LogP contribution >= 0.6 is 11.3 Å². The second-order valence-electron chi connectivity index (χ2n) is 4.36. The molecule has 1 aromatic heterocycles. The Hall–Kier alpha value is -1.65. The maximum atomic E-state index is 11.7. The molecular formula is C15H18N2OS. The summed E-state index contributed by atoms with van der Waals surface area (Å²) < 4.78 is 0. The predicted molar refractivity (Wildman–Crippen MR) is 79.3 cm³/mol. The molecule has 1 heterocycles. The molecule has 0 aliphatic carbocycles. The van der Waals surface area contributed by atoms with Gasteiger partial charge < -0.3 is 5.32 Å². The lowest BCUT2D eigenvalue weighted by molar-refractivity contribution is -0.122. The summed E-state index contributed by atoms with van der Waals surface area (Å²) in [5.74, 6) is -0.00233. The molecule has 4 heteroatoms. The number of hydrogen-bond donors (Lipinski definition) is 2. The topological polar surface area (TPSA) is 41.1 Å². The number of hydrogen-bond acceptors (Lipinski definition) is 3. The van der Waals surface area contributed by atoms with Crippen LogP contribution in [0.1, 0.15) is 23.4 Å². The van der Waals surface area contributed by atoms with Gasteiger partial charge in [-0.05, 0) is 23.9 Å². The number of carbonyl (C=O) groups excluding carboxylic acids is 1. The summed E-state index contributed by atoms with van der Waals surface area (Å²) in [5, 5.41) is 8.11. The normalized spacial score (nSPS) is 13.8. The zero-order valence-corrected chi connectivity index (χ0v) is 11.9. The molecule has 2 N–H and O–H groups in total. The first-order chi connectivity index (χ1) is 9.22. The van der Waals surface area contributed by atoms with Crippen molar-refractivity contribution >= 4 is 17.2 Å². The highest BCUT2D eigenvalue weighted by molar-refractivity contribution is 7.10. The fourth-order valence-corrected chi connectivity index (χ4v) is 2.80. The summed E-state index contributed by atoms with van der Waals surface area (Å²) in [6.45, 7) is 1.88. The number of thiophene rings is 1. The number of amides is 1. The Balaban J connectivity index is 2.24. The molecule has 0 aliphatic heterocycles. The molecule has 3 nitrogen and oxygen atoms in total. The summed E-state index contributed by atoms with van der Waals surface area (Å²) in [5.41, 5.74) is 1.17. The van der Waals surface area contributed by atoms with Crippen LogP contribution in [0.2, 0.25) is 0 Å². The third kappa shape index (κ3) is 3.43. The van der Waals surface area contributed by atoms with Gasteiger partial charge in [0, 0.05) is 11.9 Å². The Bertz CT molecular complexity index is 510. The van der Waals surface area contributed by atoms with Crippen LogP contribution in [-0.2, 0) is 4.79 Å². The molecule has 100 valence electrons. The van der Waals surface area contributed by atoms with Crippen molar-refractivity contribution in [1.82, 2.24) is 10.6 Å². The molecule has 0 radical (unpaired) electrons. The molecule has 0 saturated heterocycles. The van der Waals surface area contributed by atoms with E-state index in [9.17, 15) is 4.79 Å². The van der Waals surface area contributed by atoms with Gasteiger partial charge in [0.15, 0.2) is 0 Å². The quantitative estimate of drug-likeness (QED) is 0.880. The van der Waals surface area contributed by atoms with Crippen LogP contribution in [0.15, 0.2) is 47.8 Å². The van der Waals surface area contributed by atoms with Crippen molar-refractivity contribution in [3.63, 3.8) is 0 Å². The van der Waals surface area contributed by atoms with Crippen molar-refractivity contribution in [2.45, 2.75) is 19.0 Å². The average Bonchev–Trinajstić information content (AvgIpc) is 2.98. The minimum absolute atomic E-state index is 0.00233. The van der Waals surface area contributed by atoms with E-state index in [1.165, 1.54) is 10.4 Å². The number of benzene rings is 1. The predicted octanol–water partition coefficient (Wildman–Crippen LogP) is 2.56. The lowest BCUT2D eigenvalue weighted by Gasteiger charge is -2.22. The maximum absolute atomic E-state index is 11.7. The van der Waals surface area contributed by atoms with E-state index in [0.29, 0.717) is 0 Å². The molecular weight excluding hydrogens is 256 g/mol. The zero-order valence-electron chi connectivity index (χ0n) is 11.1. The van der Waals surface area contributed by atoms with Crippen LogP contribution in [0.3, 0.4) is 0 Å². The molecule has 1 aromatic carbocycles. The molecule has 0 aliphatic rings. The Kier molecular flexibility index (Phi) is 4.71. The van der Waals surface area contributed by atoms with Gasteiger partial charge in [-0.15, -0.1) is 11.3 Å². The fourth-order valence-electron chi connectivity index (χ4n) is 1.99. The first-order valence-electron chi connectivity index (χ1n) is 6.28. The van der Waals surface area contributed by atoms with Crippen molar-refractivity contribution in [1.29, 1.82) is 0 Å². The van der Waals surface area contributed by atoms with Crippen LogP contribution in [0.4, 0.5) is 0 Å². The van der Waals surface area contributed by atoms with Crippen LogP contribution in [0.5, 0.6) is 0 Å². The van der Waals surface area contributed by atoms with Crippen molar-refractivity contribution < 1.29 is 4.79 Å². The Morgan fingerprint density at radius 1 is 1.16 bits per heavy atom. The summed E-state index contributed by atoms with van der Waals surface area (Å²) in [7, 11) is 1.66. The highest BCUT2D eigenvalue weighted by Crippen LogP contribution is 2.26. The Labute approximate surface area is 117 Å². The van der Waals surface area contributed by atoms with Gasteiger partial charge in [0.05, 0.1) is 12.1 Å². The van der Waals surface area contributed by atoms with E-state index in [0.717, 1.165) is 0 Å². The highest BCUT2D eigenvalue weighted by Gasteiger charge is 2.20. The van der Waals surface area contributed by atoms with E-state index >= 15 is 0 Å². The summed E-state index contributed by atoms with van der Waals surface area (Å²) in [6.07, 6.45) is 0. The number of carbonyl (C=O) groups is 1. The third-order valence-corrected chi connectivity index (χ3v) is 3.95. The standard InChI is InChI=1S/C15H18N2OS/c1-11(15(18)16-2)17-14(13-9-6-10-19-13)12-7-4-3-5-8-12/h3-11,14,17H,1-2H3,(H,16,18)/t11-,14-/m1/s1. The molecule has 2 aromatic rings. The van der Waals surface area contributed by atoms with E-state index in [1.54, 1.807) is 18.4 Å². The van der Waals surface area contributed by atoms with E-state index in [4.69, 9.17) is 0 Å². The minimum Gasteiger partial charge on any atom is -0.358 e. The Morgan fingerprint density at radius 3 is 2.47 bits per heavy atom. The van der Waals surface area contributed by atoms with Crippen molar-refractivity contribution in [3.8, 4) is 0 Å². The molecule has 0 fully saturated rings. The molecule has 0 bridgehead atoms. The first kappa shape index (κ1) is 13.8. The van der Waals surface area contributed by atoms with Crippen molar-refractivity contribution in [2.24, 2.45) is 0 Å². The van der Waals surface area contributed by atoms with Gasteiger partial charge in [-0.25, -0.2) is 0 Å². The van der Waals surface area contributed by atoms with Crippen LogP contribution < -0.4 is 10.6 Å². The third-order valence-electron chi connectivity index (χ3n) is 3.02. The van der Waals surface area contributed by atoms with Gasteiger partial charge in [0.1, 0.15) is 0 Å². The monoisotopic (exact) mass is 274 g/mol. The van der Waals surface area contributed by atoms with Gasteiger partial charge in [-0.1, -0.05) is 36.4 Å². The van der Waals surface area contributed by atoms with Gasteiger partial charge in [-0.2, -0.15) is 0 Å². The van der Waals surface area contributed by atoms with Crippen molar-refractivity contribution in [2.75, 3.05) is 7.05 Å². The first-order valence-corrected chi connectivity index (χ1v) is 7.16. The molecule has 2 atom stereocenters. The molecule has 0 unspecified atom stereocenters. The second-order valence-corrected chi connectivity index (χ2v) is 5.34. The summed E-state index contributed by atoms with van der Waals surface area (Å²) >= 11 is 1.69. The van der Waals surface area contributed by atoms with Gasteiger partial charge in [-0.3, -0.25) is 10.1 Å². The SMILES string of the molecule is CNC(=O)[C@@H](C)N[C@H](c1ccccc1)c1cccs1. The molecule has 0 saturated carbocycles. The largest absolute Gasteiger partial charge is 0.358 e. The minimum atomic E-state index is -0.239. The van der Waals surface area contributed by atoms with Crippen molar-refractivity contribution in [3.05, 3.63) is 58.3 Å². The van der Waals surface area contributed by atoms with E-state index < -0.39 is 0 Å². The highest BCUT2D eigenvalue weighted by atomic mass is 32.1. The lowest BCUT2D eigenvalue weighted by atomic mass is 10.0.